The lowest BCUT2D eigenvalue weighted by Gasteiger charge is -2.47. The number of fused-ring (bicyclic) bond motifs is 2. The molecular formula is C15H17NO3. The zero-order valence-corrected chi connectivity index (χ0v) is 10.7. The number of hydrogen-bond donors (Lipinski definition) is 1. The highest BCUT2D eigenvalue weighted by atomic mass is 16.3. The third kappa shape index (κ3) is 2.06. The van der Waals surface area contributed by atoms with Gasteiger partial charge in [0.25, 0.3) is 5.91 Å². The van der Waals surface area contributed by atoms with Crippen LogP contribution in [0, 0.1) is 0 Å². The van der Waals surface area contributed by atoms with Gasteiger partial charge in [-0.05, 0) is 31.4 Å². The first-order valence-corrected chi connectivity index (χ1v) is 6.77. The van der Waals surface area contributed by atoms with Crippen LogP contribution < -0.4 is 0 Å². The lowest BCUT2D eigenvalue weighted by molar-refractivity contribution is -0.133. The highest BCUT2D eigenvalue weighted by Crippen LogP contribution is 2.33. The van der Waals surface area contributed by atoms with Crippen LogP contribution in [0.3, 0.4) is 0 Å². The molecule has 0 aliphatic carbocycles. The minimum absolute atomic E-state index is 0.132. The molecule has 2 heterocycles. The number of aliphatic hydroxyl groups excluding tert-OH is 1. The van der Waals surface area contributed by atoms with Gasteiger partial charge < -0.3 is 10.0 Å². The molecule has 2 saturated heterocycles. The number of hydrogen-bond acceptors (Lipinski definition) is 3. The molecule has 2 aliphatic rings. The summed E-state index contributed by atoms with van der Waals surface area (Å²) in [6.45, 7) is 0. The topological polar surface area (TPSA) is 57.6 Å². The van der Waals surface area contributed by atoms with Gasteiger partial charge in [-0.25, -0.2) is 0 Å². The Bertz CT molecular complexity index is 499. The molecule has 1 aromatic rings. The van der Waals surface area contributed by atoms with E-state index in [4.69, 9.17) is 0 Å². The Morgan fingerprint density at radius 3 is 2.63 bits per heavy atom. The second-order valence-electron chi connectivity index (χ2n) is 5.31. The van der Waals surface area contributed by atoms with Crippen LogP contribution >= 0.6 is 0 Å². The van der Waals surface area contributed by atoms with Gasteiger partial charge >= 0.3 is 0 Å². The fraction of sp³-hybridized carbons (Fsp3) is 0.467. The largest absolute Gasteiger partial charge is 0.391 e. The minimum atomic E-state index is -0.503. The molecule has 4 heteroatoms. The van der Waals surface area contributed by atoms with Crippen molar-refractivity contribution in [3.05, 3.63) is 35.9 Å². The van der Waals surface area contributed by atoms with E-state index in [-0.39, 0.29) is 23.8 Å². The molecule has 2 bridgehead atoms. The molecule has 0 saturated carbocycles. The summed E-state index contributed by atoms with van der Waals surface area (Å²) in [5.74, 6) is -0.00479. The average Bonchev–Trinajstić information content (AvgIpc) is 2.45. The van der Waals surface area contributed by atoms with E-state index in [0.717, 1.165) is 0 Å². The van der Waals surface area contributed by atoms with Crippen LogP contribution in [0.2, 0.25) is 0 Å². The van der Waals surface area contributed by atoms with Crippen molar-refractivity contribution in [3.63, 3.8) is 0 Å². The summed E-state index contributed by atoms with van der Waals surface area (Å²) in [6.07, 6.45) is 1.74. The molecular weight excluding hydrogens is 242 g/mol. The monoisotopic (exact) mass is 259 g/mol. The van der Waals surface area contributed by atoms with E-state index in [2.05, 4.69) is 0 Å². The summed E-state index contributed by atoms with van der Waals surface area (Å²) < 4.78 is 0. The first-order valence-electron chi connectivity index (χ1n) is 6.77. The lowest BCUT2D eigenvalue weighted by Crippen LogP contribution is -2.61. The Kier molecular flexibility index (Phi) is 3.11. The second kappa shape index (κ2) is 4.78. The van der Waals surface area contributed by atoms with Crippen molar-refractivity contribution in [2.45, 2.75) is 43.9 Å². The fourth-order valence-corrected chi connectivity index (χ4v) is 3.20. The molecule has 0 spiro atoms. The lowest BCUT2D eigenvalue weighted by atomic mass is 9.81. The number of aliphatic hydroxyl groups is 1. The molecule has 19 heavy (non-hydrogen) atoms. The molecule has 2 fully saturated rings. The minimum Gasteiger partial charge on any atom is -0.391 e. The third-order valence-electron chi connectivity index (χ3n) is 4.19. The maximum atomic E-state index is 12.6. The van der Waals surface area contributed by atoms with E-state index >= 15 is 0 Å². The van der Waals surface area contributed by atoms with E-state index in [1.165, 1.54) is 0 Å². The van der Waals surface area contributed by atoms with Crippen molar-refractivity contribution < 1.29 is 14.7 Å². The maximum Gasteiger partial charge on any atom is 0.254 e. The zero-order chi connectivity index (χ0) is 13.4. The number of Topliss-reactive ketones (excluding diaryl/α,β-unsaturated/α-hetero) is 1. The number of piperidine rings is 2. The predicted octanol–water partition coefficient (Wildman–Crippen LogP) is 1.38. The number of carbonyl (C=O) groups excluding carboxylic acids is 2. The van der Waals surface area contributed by atoms with Gasteiger partial charge in [0.05, 0.1) is 18.2 Å². The molecule has 1 N–H and O–H groups in total. The molecule has 0 radical (unpaired) electrons. The molecule has 3 rings (SSSR count). The number of rotatable bonds is 1. The fourth-order valence-electron chi connectivity index (χ4n) is 3.20. The highest BCUT2D eigenvalue weighted by Gasteiger charge is 2.45. The Labute approximate surface area is 112 Å². The number of carbonyl (C=O) groups is 2. The Balaban J connectivity index is 1.93. The van der Waals surface area contributed by atoms with Crippen LogP contribution in [0.25, 0.3) is 0 Å². The zero-order valence-electron chi connectivity index (χ0n) is 10.7. The van der Waals surface area contributed by atoms with Crippen LogP contribution in [-0.2, 0) is 4.79 Å². The molecule has 1 aromatic carbocycles. The maximum absolute atomic E-state index is 12.6. The summed E-state index contributed by atoms with van der Waals surface area (Å²) in [5.41, 5.74) is 0.585. The van der Waals surface area contributed by atoms with Gasteiger partial charge in [0, 0.05) is 12.0 Å². The number of nitrogens with zero attached hydrogens (tertiary/aromatic N) is 1. The van der Waals surface area contributed by atoms with Gasteiger partial charge in [-0.1, -0.05) is 18.2 Å². The van der Waals surface area contributed by atoms with Crippen LogP contribution in [0.4, 0.5) is 0 Å². The van der Waals surface area contributed by atoms with Gasteiger partial charge in [0.1, 0.15) is 0 Å². The first-order chi connectivity index (χ1) is 9.18. The summed E-state index contributed by atoms with van der Waals surface area (Å²) in [4.78, 5) is 26.2. The highest BCUT2D eigenvalue weighted by molar-refractivity contribution is 5.99. The van der Waals surface area contributed by atoms with E-state index in [0.29, 0.717) is 31.2 Å². The van der Waals surface area contributed by atoms with Gasteiger partial charge in [-0.15, -0.1) is 0 Å². The van der Waals surface area contributed by atoms with Crippen LogP contribution in [0.15, 0.2) is 30.3 Å². The molecule has 100 valence electrons. The standard InChI is InChI=1S/C15H17NO3/c17-13-8-6-11-14(18)9-7-12(13)16(11)15(19)10-4-2-1-3-5-10/h1-5,11-13,17H,6-9H2/t11-,12-,13-/m0/s1. The predicted molar refractivity (Wildman–Crippen MR) is 69.7 cm³/mol. The average molecular weight is 259 g/mol. The van der Waals surface area contributed by atoms with Crippen molar-refractivity contribution in [1.82, 2.24) is 4.90 Å². The van der Waals surface area contributed by atoms with E-state index in [1.807, 2.05) is 18.2 Å². The number of amides is 1. The van der Waals surface area contributed by atoms with Crippen molar-refractivity contribution in [3.8, 4) is 0 Å². The van der Waals surface area contributed by atoms with Crippen LogP contribution in [0.1, 0.15) is 36.0 Å². The van der Waals surface area contributed by atoms with Gasteiger partial charge in [-0.3, -0.25) is 9.59 Å². The molecule has 0 aromatic heterocycles. The Morgan fingerprint density at radius 1 is 1.16 bits per heavy atom. The van der Waals surface area contributed by atoms with E-state index in [9.17, 15) is 14.7 Å². The molecule has 3 atom stereocenters. The van der Waals surface area contributed by atoms with Crippen LogP contribution in [0.5, 0.6) is 0 Å². The summed E-state index contributed by atoms with van der Waals surface area (Å²) >= 11 is 0. The molecule has 2 aliphatic heterocycles. The SMILES string of the molecule is O=C1CC[C@H]2[C@@H](O)CC[C@@H]1N2C(=O)c1ccccc1. The van der Waals surface area contributed by atoms with Gasteiger partial charge in [0.2, 0.25) is 0 Å². The van der Waals surface area contributed by atoms with Crippen molar-refractivity contribution >= 4 is 11.7 Å². The quantitative estimate of drug-likeness (QED) is 0.829. The summed E-state index contributed by atoms with van der Waals surface area (Å²) in [6, 6.07) is 8.44. The summed E-state index contributed by atoms with van der Waals surface area (Å²) in [7, 11) is 0. The normalized spacial score (nSPS) is 30.3. The molecule has 4 nitrogen and oxygen atoms in total. The second-order valence-corrected chi connectivity index (χ2v) is 5.31. The molecule has 1 amide bonds. The van der Waals surface area contributed by atoms with Gasteiger partial charge in [0.15, 0.2) is 5.78 Å². The van der Waals surface area contributed by atoms with E-state index in [1.54, 1.807) is 17.0 Å². The van der Waals surface area contributed by atoms with Gasteiger partial charge in [-0.2, -0.15) is 0 Å². The van der Waals surface area contributed by atoms with Crippen molar-refractivity contribution in [2.75, 3.05) is 0 Å². The third-order valence-corrected chi connectivity index (χ3v) is 4.19. The summed E-state index contributed by atoms with van der Waals surface area (Å²) in [5, 5.41) is 10.1. The smallest absolute Gasteiger partial charge is 0.254 e. The van der Waals surface area contributed by atoms with E-state index < -0.39 is 6.10 Å². The van der Waals surface area contributed by atoms with Crippen molar-refractivity contribution in [2.24, 2.45) is 0 Å². The molecule has 0 unspecified atom stereocenters. The first kappa shape index (κ1) is 12.4. The Hall–Kier alpha value is -1.68. The van der Waals surface area contributed by atoms with Crippen LogP contribution in [-0.4, -0.2) is 39.9 Å². The number of ketones is 1. The number of benzene rings is 1. The van der Waals surface area contributed by atoms with Crippen molar-refractivity contribution in [1.29, 1.82) is 0 Å². The Morgan fingerprint density at radius 2 is 1.89 bits per heavy atom.